The van der Waals surface area contributed by atoms with Crippen LogP contribution in [0.1, 0.15) is 86.4 Å². The Morgan fingerprint density at radius 1 is 0.479 bits per heavy atom. The number of esters is 3. The highest BCUT2D eigenvalue weighted by Crippen LogP contribution is 2.44. The van der Waals surface area contributed by atoms with E-state index in [1.165, 1.54) is 134 Å². The van der Waals surface area contributed by atoms with Crippen molar-refractivity contribution in [2.24, 2.45) is 15.0 Å². The summed E-state index contributed by atoms with van der Waals surface area (Å²) in [6, 6.07) is 22.7. The molecule has 8 atom stereocenters. The van der Waals surface area contributed by atoms with E-state index in [0.29, 0.717) is 175 Å². The summed E-state index contributed by atoms with van der Waals surface area (Å²) in [7, 11) is 7.10. The molecule has 4 aromatic heterocycles. The van der Waals surface area contributed by atoms with Gasteiger partial charge >= 0.3 is 47.9 Å². The molecule has 140 heavy (non-hydrogen) atoms. The van der Waals surface area contributed by atoms with E-state index in [1.54, 1.807) is 53.6 Å². The first-order chi connectivity index (χ1) is 67.6. The number of rotatable bonds is 30. The number of hydrogen-bond acceptors (Lipinski definition) is 31. The lowest BCUT2D eigenvalue weighted by molar-refractivity contribution is -0.138. The zero-order valence-corrected chi connectivity index (χ0v) is 81.8. The van der Waals surface area contributed by atoms with E-state index in [2.05, 4.69) is 50.6 Å². The number of aliphatic imine (C=N–C) groups is 3. The zero-order valence-electron chi connectivity index (χ0n) is 76.2. The van der Waals surface area contributed by atoms with Crippen LogP contribution in [0.3, 0.4) is 0 Å². The van der Waals surface area contributed by atoms with Crippen LogP contribution in [-0.2, 0) is 65.3 Å². The summed E-state index contributed by atoms with van der Waals surface area (Å²) in [6.07, 6.45) is 8.94. The number of methoxy groups -OCH3 is 5. The predicted octanol–water partition coefficient (Wildman–Crippen LogP) is 12.4. The average Bonchev–Trinajstić information content (AvgIpc) is 1.43. The summed E-state index contributed by atoms with van der Waals surface area (Å²) >= 11 is 25.0. The van der Waals surface area contributed by atoms with Gasteiger partial charge in [0.05, 0.1) is 93.7 Å². The molecule has 0 unspecified atom stereocenters. The van der Waals surface area contributed by atoms with Gasteiger partial charge in [-0.2, -0.15) is 0 Å². The van der Waals surface area contributed by atoms with Crippen LogP contribution < -0.4 is 30.7 Å². The Bertz CT molecular complexity index is 6160. The van der Waals surface area contributed by atoms with Crippen molar-refractivity contribution >= 4 is 174 Å². The second kappa shape index (κ2) is 44.8. The van der Waals surface area contributed by atoms with Gasteiger partial charge in [-0.15, -0.1) is 45.3 Å². The number of ketones is 1. The molecular weight excluding hydrogens is 1950 g/mol. The number of nitrogens with zero attached hydrogens (tertiary/aromatic N) is 16. The summed E-state index contributed by atoms with van der Waals surface area (Å²) in [6.45, 7) is 7.70. The maximum atomic E-state index is 14.1. The number of carbonyl (C=O) groups excluding carboxylic acids is 7. The quantitative estimate of drug-likeness (QED) is 0.0159. The lowest BCUT2D eigenvalue weighted by Crippen LogP contribution is -2.61. The van der Waals surface area contributed by atoms with Crippen LogP contribution in [0, 0.1) is 17.5 Å². The Kier molecular flexibility index (Phi) is 32.1. The van der Waals surface area contributed by atoms with Gasteiger partial charge in [0, 0.05) is 206 Å². The number of thiazole rings is 4. The number of piperazine rings is 3. The molecule has 5 N–H and O–H groups in total. The fraction of sp³-hybridized carbons (Fsp3) is 0.347. The number of carbonyl (C=O) groups is 9. The van der Waals surface area contributed by atoms with Crippen LogP contribution in [0.2, 0.25) is 15.1 Å². The van der Waals surface area contributed by atoms with Gasteiger partial charge in [-0.1, -0.05) is 77.3 Å². The molecule has 6 amide bonds. The van der Waals surface area contributed by atoms with Gasteiger partial charge in [0.2, 0.25) is 0 Å². The number of anilines is 3. The molecule has 18 rings (SSSR count). The molecule has 5 aromatic carbocycles. The third-order valence-corrected chi connectivity index (χ3v) is 29.2. The van der Waals surface area contributed by atoms with Gasteiger partial charge in [0.25, 0.3) is 0 Å². The summed E-state index contributed by atoms with van der Waals surface area (Å²) in [5.74, 6) is -3.79. The van der Waals surface area contributed by atoms with E-state index in [-0.39, 0.29) is 112 Å². The van der Waals surface area contributed by atoms with Crippen LogP contribution in [0.15, 0.2) is 198 Å². The highest BCUT2D eigenvalue weighted by molar-refractivity contribution is 7.14. The molecule has 0 radical (unpaired) electrons. The maximum Gasteiger partial charge on any atom is 0.338 e. The molecule has 45 heteroatoms. The van der Waals surface area contributed by atoms with Crippen molar-refractivity contribution < 1.29 is 90.2 Å². The summed E-state index contributed by atoms with van der Waals surface area (Å²) in [4.78, 5) is 163. The van der Waals surface area contributed by atoms with E-state index in [1.807, 2.05) is 84.8 Å². The topological polar surface area (TPSA) is 394 Å². The number of carboxylic acid groups (broad SMARTS) is 2. The van der Waals surface area contributed by atoms with Crippen molar-refractivity contribution in [2.75, 3.05) is 149 Å². The number of carboxylic acids is 2. The molecule has 0 saturated carbocycles. The van der Waals surface area contributed by atoms with Gasteiger partial charge in [0.15, 0.2) is 43.4 Å². The second-order valence-corrected chi connectivity index (χ2v) is 38.3. The lowest BCUT2D eigenvalue weighted by atomic mass is 9.94. The predicted molar refractivity (Wildman–Crippen MR) is 522 cm³/mol. The lowest BCUT2D eigenvalue weighted by Gasteiger charge is -2.44. The number of allylic oxidation sites excluding steroid dienone is 1. The minimum absolute atomic E-state index is 0.0320. The first-order valence-electron chi connectivity index (χ1n) is 44.3. The van der Waals surface area contributed by atoms with E-state index < -0.39 is 65.4 Å². The third-order valence-electron chi connectivity index (χ3n) is 25.0. The first-order valence-corrected chi connectivity index (χ1v) is 48.9. The van der Waals surface area contributed by atoms with E-state index >= 15 is 0 Å². The van der Waals surface area contributed by atoms with Crippen molar-refractivity contribution in [2.45, 2.75) is 80.9 Å². The van der Waals surface area contributed by atoms with Crippen LogP contribution >= 0.6 is 80.1 Å². The number of aliphatic carboxylic acids is 2. The highest BCUT2D eigenvalue weighted by atomic mass is 35.5. The Balaban J connectivity index is 0.000000152. The van der Waals surface area contributed by atoms with E-state index in [9.17, 15) is 56.3 Å². The van der Waals surface area contributed by atoms with Crippen molar-refractivity contribution in [1.29, 1.82) is 0 Å². The Morgan fingerprint density at radius 2 is 0.864 bits per heavy atom. The van der Waals surface area contributed by atoms with Gasteiger partial charge in [-0.25, -0.2) is 61.9 Å². The number of aryl methyl sites for hydroxylation is 2. The molecule has 35 nitrogen and oxygen atoms in total. The monoisotopic (exact) mass is 2050 g/mol. The number of aromatic nitrogens is 4. The number of nitrogens with one attached hydrogen (secondary N) is 3. The Hall–Kier alpha value is -12.7. The molecule has 0 aliphatic carbocycles. The molecular formula is C95H95Cl3F3N19O16S4. The average molecular weight is 2050 g/mol. The minimum atomic E-state index is -0.898. The Labute approximate surface area is 832 Å². The van der Waals surface area contributed by atoms with Gasteiger partial charge in [-0.05, 0) is 104 Å². The minimum Gasteiger partial charge on any atom is -0.481 e. The number of amidine groups is 3. The SMILES string of the molecule is COC(=O)C1=C(CN2CCN3C(=O)N(c4nc(/C=C/C(C)=O)cs4)C[C@@H]3C2)NC(c2nccs2)=N[C@H]1c1ccc(F)cc1Cl.COC[C@@H]1[C@H]2CN(c3ccc(CCC(=O)O)cc3)C(=O)N2CCN1CC1=C(C(=O)OC)[C@H](c2ccc(F)cc2Cl)N=C(c2nccs2)N1.COC[C@H]1[C@@H]2CN(c3ccc(CCC(=O)O)cc3)C(=O)N2CCN1CC1=C(C(=O)OC)[C@H](c2ccc(F)cc2Cl)N=C(c2nccs2)N1. The van der Waals surface area contributed by atoms with Crippen LogP contribution in [0.4, 0.5) is 44.1 Å². The molecule has 0 bridgehead atoms. The molecule has 6 fully saturated rings. The number of amides is 6. The molecule has 732 valence electrons. The molecule has 0 spiro atoms. The van der Waals surface area contributed by atoms with Crippen molar-refractivity contribution in [3.8, 4) is 0 Å². The molecule has 13 heterocycles. The molecule has 6 saturated heterocycles. The highest BCUT2D eigenvalue weighted by Gasteiger charge is 2.51. The van der Waals surface area contributed by atoms with Crippen molar-refractivity contribution in [3.63, 3.8) is 0 Å². The van der Waals surface area contributed by atoms with Gasteiger partial charge < -0.3 is 64.5 Å². The number of urea groups is 3. The van der Waals surface area contributed by atoms with E-state index in [4.69, 9.17) is 83.7 Å². The zero-order chi connectivity index (χ0) is 98.9. The number of benzene rings is 5. The summed E-state index contributed by atoms with van der Waals surface area (Å²) in [5, 5.41) is 38.1. The second-order valence-electron chi connectivity index (χ2n) is 33.6. The summed E-state index contributed by atoms with van der Waals surface area (Å²) in [5.41, 5.74) is 7.53. The summed E-state index contributed by atoms with van der Waals surface area (Å²) < 4.78 is 69.1. The fourth-order valence-corrected chi connectivity index (χ4v) is 21.7. The van der Waals surface area contributed by atoms with Crippen molar-refractivity contribution in [1.82, 2.24) is 65.3 Å². The molecule has 9 aliphatic rings. The van der Waals surface area contributed by atoms with E-state index in [0.717, 1.165) is 22.5 Å². The van der Waals surface area contributed by atoms with Gasteiger partial charge in [-0.3, -0.25) is 58.8 Å². The van der Waals surface area contributed by atoms with Crippen LogP contribution in [0.25, 0.3) is 6.08 Å². The standard InChI is InChI=1S/2C33H34ClFN6O6S.C29H27ClFN7O4S2/c2*1-46-18-26-25-17-41(21-7-3-19(4-8-21)5-10-27(42)43)33(45)40(25)13-12-39(26)16-24-28(32(44)47-2)29(22-9-6-20(35)15-23(22)34)38-30(37-24)31-36-11-14-48-31;1-16(39)3-5-18-15-44-28(33-18)38-13-19-12-36(8-9-37(19)29(38)41)14-22-23(27(40)42-2)24(20-6-4-17(31)11-21(20)30)35-25(34-22)26-32-7-10-43-26/h2*3-4,6-9,11,14-15,25-26,29H,5,10,12-13,16-18H2,1-2H3,(H,37,38)(H,42,43);3-7,10-11,15,19,24H,8-9,12-14H2,1-2H3,(H,34,35)/b;;5-3+/t25-,26-,29+;25-,26-,29-;19-,24-/m100/s1. The number of hydrogen-bond donors (Lipinski definition) is 5. The maximum absolute atomic E-state index is 14.1. The fourth-order valence-electron chi connectivity index (χ4n) is 18.4. The smallest absolute Gasteiger partial charge is 0.338 e. The van der Waals surface area contributed by atoms with Crippen molar-refractivity contribution in [3.05, 3.63) is 264 Å². The number of halogens is 6. The number of ether oxygens (including phenoxy) is 5. The molecule has 9 aliphatic heterocycles. The number of fused-ring (bicyclic) bond motifs is 3. The van der Waals surface area contributed by atoms with Gasteiger partial charge in [0.1, 0.15) is 35.6 Å². The normalized spacial score (nSPS) is 21.0. The third kappa shape index (κ3) is 22.3. The first kappa shape index (κ1) is 100. The molecule has 9 aromatic rings. The van der Waals surface area contributed by atoms with Crippen LogP contribution in [-0.4, -0.2) is 295 Å². The Morgan fingerprint density at radius 3 is 1.22 bits per heavy atom. The van der Waals surface area contributed by atoms with Crippen LogP contribution in [0.5, 0.6) is 0 Å². The largest absolute Gasteiger partial charge is 0.481 e.